The average Bonchev–Trinajstić information content (AvgIpc) is 2.66. The summed E-state index contributed by atoms with van der Waals surface area (Å²) in [5.74, 6) is 2.74. The van der Waals surface area contributed by atoms with Crippen molar-refractivity contribution in [1.82, 2.24) is 14.9 Å². The molecule has 8 heteroatoms. The topological polar surface area (TPSA) is 73.8 Å². The van der Waals surface area contributed by atoms with E-state index in [9.17, 15) is 8.42 Å². The first kappa shape index (κ1) is 22.0. The van der Waals surface area contributed by atoms with Crippen molar-refractivity contribution >= 4 is 27.7 Å². The van der Waals surface area contributed by atoms with Crippen LogP contribution in [0.15, 0.2) is 29.3 Å². The number of hydrogen-bond donors (Lipinski definition) is 2. The standard InChI is InChI=1S/C19H32N4O2S2/c1-5-21-19(23-10-11-26-18(13-23)15(2)3)22-12-16-6-8-17(9-7-16)14-27(24,25)20-4/h6-9,15,18,20H,5,10-14H2,1-4H3,(H,21,22). The summed E-state index contributed by atoms with van der Waals surface area (Å²) < 4.78 is 25.6. The van der Waals surface area contributed by atoms with Gasteiger partial charge in [0.2, 0.25) is 10.0 Å². The number of aliphatic imine (C=N–C) groups is 1. The third-order valence-corrected chi connectivity index (χ3v) is 7.45. The molecule has 2 rings (SSSR count). The van der Waals surface area contributed by atoms with Crippen LogP contribution in [0.25, 0.3) is 0 Å². The highest BCUT2D eigenvalue weighted by Crippen LogP contribution is 2.25. The van der Waals surface area contributed by atoms with E-state index in [0.29, 0.717) is 17.7 Å². The number of sulfonamides is 1. The van der Waals surface area contributed by atoms with Crippen molar-refractivity contribution in [1.29, 1.82) is 0 Å². The Hall–Kier alpha value is -1.25. The number of hydrogen-bond acceptors (Lipinski definition) is 4. The van der Waals surface area contributed by atoms with E-state index in [0.717, 1.165) is 42.5 Å². The zero-order chi connectivity index (χ0) is 19.9. The van der Waals surface area contributed by atoms with Crippen molar-refractivity contribution in [2.45, 2.75) is 38.3 Å². The lowest BCUT2D eigenvalue weighted by molar-refractivity contribution is 0.381. The van der Waals surface area contributed by atoms with Crippen LogP contribution in [0.5, 0.6) is 0 Å². The van der Waals surface area contributed by atoms with E-state index in [2.05, 4.69) is 47.5 Å². The molecule has 1 aliphatic rings. The largest absolute Gasteiger partial charge is 0.357 e. The summed E-state index contributed by atoms with van der Waals surface area (Å²) in [6, 6.07) is 7.63. The van der Waals surface area contributed by atoms with Gasteiger partial charge in [-0.2, -0.15) is 11.8 Å². The Morgan fingerprint density at radius 2 is 1.96 bits per heavy atom. The quantitative estimate of drug-likeness (QED) is 0.531. The summed E-state index contributed by atoms with van der Waals surface area (Å²) >= 11 is 2.05. The molecule has 1 heterocycles. The van der Waals surface area contributed by atoms with Crippen molar-refractivity contribution in [2.75, 3.05) is 32.4 Å². The van der Waals surface area contributed by atoms with E-state index < -0.39 is 10.0 Å². The van der Waals surface area contributed by atoms with Crippen LogP contribution in [-0.2, 0) is 22.3 Å². The van der Waals surface area contributed by atoms with Crippen molar-refractivity contribution < 1.29 is 8.42 Å². The molecule has 1 atom stereocenters. The van der Waals surface area contributed by atoms with E-state index >= 15 is 0 Å². The van der Waals surface area contributed by atoms with Gasteiger partial charge in [-0.3, -0.25) is 0 Å². The minimum atomic E-state index is -3.24. The molecule has 0 bridgehead atoms. The third kappa shape index (κ3) is 7.01. The van der Waals surface area contributed by atoms with Gasteiger partial charge in [0.15, 0.2) is 5.96 Å². The molecular weight excluding hydrogens is 380 g/mol. The highest BCUT2D eigenvalue weighted by Gasteiger charge is 2.24. The summed E-state index contributed by atoms with van der Waals surface area (Å²) in [5.41, 5.74) is 1.85. The van der Waals surface area contributed by atoms with Gasteiger partial charge in [-0.05, 0) is 31.0 Å². The minimum absolute atomic E-state index is 0.00226. The smallest absolute Gasteiger partial charge is 0.215 e. The maximum absolute atomic E-state index is 11.6. The minimum Gasteiger partial charge on any atom is -0.357 e. The summed E-state index contributed by atoms with van der Waals surface area (Å²) in [5, 5.41) is 4.05. The summed E-state index contributed by atoms with van der Waals surface area (Å²) in [4.78, 5) is 7.17. The SMILES string of the molecule is CCNC(=NCc1ccc(CS(=O)(=O)NC)cc1)N1CCSC(C(C)C)C1. The molecule has 0 radical (unpaired) electrons. The van der Waals surface area contributed by atoms with Crippen LogP contribution >= 0.6 is 11.8 Å². The van der Waals surface area contributed by atoms with Gasteiger partial charge in [0.25, 0.3) is 0 Å². The van der Waals surface area contributed by atoms with Crippen molar-refractivity contribution in [3.63, 3.8) is 0 Å². The number of nitrogens with one attached hydrogen (secondary N) is 2. The van der Waals surface area contributed by atoms with Crippen LogP contribution in [0.1, 0.15) is 31.9 Å². The maximum atomic E-state index is 11.6. The Labute approximate surface area is 168 Å². The highest BCUT2D eigenvalue weighted by atomic mass is 32.2. The Morgan fingerprint density at radius 3 is 2.56 bits per heavy atom. The fraction of sp³-hybridized carbons (Fsp3) is 0.632. The van der Waals surface area contributed by atoms with Gasteiger partial charge < -0.3 is 10.2 Å². The van der Waals surface area contributed by atoms with Crippen LogP contribution in [0.4, 0.5) is 0 Å². The van der Waals surface area contributed by atoms with E-state index in [1.54, 1.807) is 0 Å². The van der Waals surface area contributed by atoms with E-state index in [-0.39, 0.29) is 5.75 Å². The molecule has 0 saturated carbocycles. The molecule has 1 aliphatic heterocycles. The molecule has 2 N–H and O–H groups in total. The van der Waals surface area contributed by atoms with Gasteiger partial charge in [-0.15, -0.1) is 0 Å². The molecule has 1 aromatic carbocycles. The second-order valence-corrected chi connectivity index (χ2v) is 10.3. The lowest BCUT2D eigenvalue weighted by Crippen LogP contribution is -2.49. The highest BCUT2D eigenvalue weighted by molar-refractivity contribution is 8.00. The van der Waals surface area contributed by atoms with Gasteiger partial charge in [-0.25, -0.2) is 18.1 Å². The van der Waals surface area contributed by atoms with Crippen LogP contribution in [0.3, 0.4) is 0 Å². The molecule has 0 spiro atoms. The maximum Gasteiger partial charge on any atom is 0.215 e. The van der Waals surface area contributed by atoms with Gasteiger partial charge >= 0.3 is 0 Å². The molecule has 0 amide bonds. The Kier molecular flexibility index (Phi) is 8.44. The predicted molar refractivity (Wildman–Crippen MR) is 116 cm³/mol. The second kappa shape index (κ2) is 10.3. The summed E-state index contributed by atoms with van der Waals surface area (Å²) in [6.45, 7) is 10.1. The fourth-order valence-electron chi connectivity index (χ4n) is 2.90. The van der Waals surface area contributed by atoms with Crippen LogP contribution in [-0.4, -0.2) is 57.0 Å². The molecule has 1 fully saturated rings. The molecule has 0 aliphatic carbocycles. The van der Waals surface area contributed by atoms with Crippen LogP contribution < -0.4 is 10.0 Å². The first-order valence-corrected chi connectivity index (χ1v) is 12.2. The molecule has 1 saturated heterocycles. The van der Waals surface area contributed by atoms with Gasteiger partial charge in [0.1, 0.15) is 0 Å². The second-order valence-electron chi connectivity index (χ2n) is 7.05. The molecule has 27 heavy (non-hydrogen) atoms. The van der Waals surface area contributed by atoms with Gasteiger partial charge in [0, 0.05) is 30.6 Å². The van der Waals surface area contributed by atoms with Crippen LogP contribution in [0.2, 0.25) is 0 Å². The van der Waals surface area contributed by atoms with Crippen molar-refractivity contribution in [3.8, 4) is 0 Å². The average molecular weight is 413 g/mol. The third-order valence-electron chi connectivity index (χ3n) is 4.57. The Bertz CT molecular complexity index is 718. The first-order valence-electron chi connectivity index (χ1n) is 9.48. The van der Waals surface area contributed by atoms with Crippen molar-refractivity contribution in [2.24, 2.45) is 10.9 Å². The number of benzene rings is 1. The summed E-state index contributed by atoms with van der Waals surface area (Å²) in [6.07, 6.45) is 0. The molecular formula is C19H32N4O2S2. The predicted octanol–water partition coefficient (Wildman–Crippen LogP) is 2.27. The number of thioether (sulfide) groups is 1. The van der Waals surface area contributed by atoms with E-state index in [4.69, 9.17) is 4.99 Å². The number of rotatable bonds is 7. The normalized spacial score (nSPS) is 18.8. The molecule has 1 unspecified atom stereocenters. The fourth-order valence-corrected chi connectivity index (χ4v) is 4.97. The zero-order valence-corrected chi connectivity index (χ0v) is 18.4. The molecule has 0 aromatic heterocycles. The Balaban J connectivity index is 2.03. The molecule has 6 nitrogen and oxygen atoms in total. The van der Waals surface area contributed by atoms with Gasteiger partial charge in [-0.1, -0.05) is 38.1 Å². The zero-order valence-electron chi connectivity index (χ0n) is 16.7. The van der Waals surface area contributed by atoms with Crippen molar-refractivity contribution in [3.05, 3.63) is 35.4 Å². The van der Waals surface area contributed by atoms with Crippen LogP contribution in [0, 0.1) is 5.92 Å². The van der Waals surface area contributed by atoms with E-state index in [1.165, 1.54) is 7.05 Å². The summed E-state index contributed by atoms with van der Waals surface area (Å²) in [7, 11) is -1.81. The number of guanidine groups is 1. The monoisotopic (exact) mass is 412 g/mol. The molecule has 1 aromatic rings. The Morgan fingerprint density at radius 1 is 1.30 bits per heavy atom. The molecule has 152 valence electrons. The number of nitrogens with zero attached hydrogens (tertiary/aromatic N) is 2. The first-order chi connectivity index (χ1) is 12.8. The van der Waals surface area contributed by atoms with E-state index in [1.807, 2.05) is 24.3 Å². The van der Waals surface area contributed by atoms with Gasteiger partial charge in [0.05, 0.1) is 12.3 Å². The lowest BCUT2D eigenvalue weighted by Gasteiger charge is -2.36. The lowest BCUT2D eigenvalue weighted by atomic mass is 10.1.